The number of carbonyl (C=O) groups excluding carboxylic acids is 2. The summed E-state index contributed by atoms with van der Waals surface area (Å²) in [6, 6.07) is 23.4. The minimum atomic E-state index is -0.909. The average Bonchev–Trinajstić information content (AvgIpc) is 3.27. The molecule has 7 heteroatoms. The number of benzene rings is 3. The number of hydroxylamine groups is 1. The molecule has 3 aromatic carbocycles. The van der Waals surface area contributed by atoms with Crippen LogP contribution in [0.1, 0.15) is 17.2 Å². The predicted octanol–water partition coefficient (Wildman–Crippen LogP) is 5.04. The van der Waals surface area contributed by atoms with E-state index in [9.17, 15) is 9.59 Å². The number of para-hydroxylation sites is 1. The van der Waals surface area contributed by atoms with E-state index >= 15 is 0 Å². The zero-order valence-electron chi connectivity index (χ0n) is 16.3. The second-order valence-electron chi connectivity index (χ2n) is 7.57. The van der Waals surface area contributed by atoms with E-state index < -0.39 is 18.1 Å². The van der Waals surface area contributed by atoms with Gasteiger partial charge in [-0.3, -0.25) is 19.3 Å². The molecule has 0 radical (unpaired) electrons. The normalized spacial score (nSPS) is 22.8. The first-order valence-electron chi connectivity index (χ1n) is 9.90. The lowest BCUT2D eigenvalue weighted by Gasteiger charge is -2.29. The Morgan fingerprint density at radius 3 is 2.19 bits per heavy atom. The van der Waals surface area contributed by atoms with E-state index in [-0.39, 0.29) is 18.4 Å². The van der Waals surface area contributed by atoms with Crippen LogP contribution in [0.15, 0.2) is 78.9 Å². The summed E-state index contributed by atoms with van der Waals surface area (Å²) in [5.74, 6) is -1.32. The van der Waals surface area contributed by atoms with Gasteiger partial charge in [0, 0.05) is 10.0 Å². The average molecular weight is 453 g/mol. The third-order valence-corrected chi connectivity index (χ3v) is 6.24. The van der Waals surface area contributed by atoms with Crippen molar-refractivity contribution in [3.8, 4) is 0 Å². The summed E-state index contributed by atoms with van der Waals surface area (Å²) in [5, 5.41) is 2.54. The molecule has 0 unspecified atom stereocenters. The van der Waals surface area contributed by atoms with E-state index in [0.29, 0.717) is 15.6 Å². The van der Waals surface area contributed by atoms with Crippen LogP contribution in [0.4, 0.5) is 5.69 Å². The van der Waals surface area contributed by atoms with Crippen LogP contribution in [0, 0.1) is 5.92 Å². The highest BCUT2D eigenvalue weighted by Crippen LogP contribution is 2.48. The van der Waals surface area contributed by atoms with Gasteiger partial charge in [0.2, 0.25) is 5.91 Å². The van der Waals surface area contributed by atoms with Gasteiger partial charge >= 0.3 is 0 Å². The van der Waals surface area contributed by atoms with E-state index in [1.165, 1.54) is 4.90 Å². The van der Waals surface area contributed by atoms with Crippen LogP contribution in [0.3, 0.4) is 0 Å². The molecule has 0 spiro atoms. The molecule has 2 amide bonds. The third kappa shape index (κ3) is 3.49. The Labute approximate surface area is 189 Å². The van der Waals surface area contributed by atoms with Crippen LogP contribution in [-0.2, 0) is 21.0 Å². The number of hydrogen-bond donors (Lipinski definition) is 0. The lowest BCUT2D eigenvalue weighted by Crippen LogP contribution is -2.37. The second kappa shape index (κ2) is 8.00. The van der Waals surface area contributed by atoms with E-state index in [1.807, 2.05) is 60.7 Å². The highest BCUT2D eigenvalue weighted by molar-refractivity contribution is 6.35. The Hall–Kier alpha value is -2.86. The summed E-state index contributed by atoms with van der Waals surface area (Å²) in [7, 11) is 0. The SMILES string of the molecule is O=C1[C@H]2[C@@H](c3ccc(Cl)cc3Cl)N(c3ccccc3)O[C@H]2C(=O)N1Cc1ccccc1. The fourth-order valence-corrected chi connectivity index (χ4v) is 4.77. The number of fused-ring (bicyclic) bond motifs is 1. The van der Waals surface area contributed by atoms with Crippen LogP contribution in [0.25, 0.3) is 0 Å². The maximum absolute atomic E-state index is 13.5. The highest BCUT2D eigenvalue weighted by atomic mass is 35.5. The molecule has 31 heavy (non-hydrogen) atoms. The Balaban J connectivity index is 1.55. The molecular formula is C24H18Cl2N2O3. The molecule has 2 fully saturated rings. The predicted molar refractivity (Wildman–Crippen MR) is 118 cm³/mol. The fourth-order valence-electron chi connectivity index (χ4n) is 4.25. The van der Waals surface area contributed by atoms with Gasteiger partial charge in [-0.05, 0) is 35.4 Å². The molecule has 5 rings (SSSR count). The molecule has 156 valence electrons. The van der Waals surface area contributed by atoms with Crippen molar-refractivity contribution in [2.24, 2.45) is 5.92 Å². The number of rotatable bonds is 4. The maximum atomic E-state index is 13.5. The third-order valence-electron chi connectivity index (χ3n) is 5.68. The summed E-state index contributed by atoms with van der Waals surface area (Å²) in [6.45, 7) is 0.210. The minimum absolute atomic E-state index is 0.210. The number of halogens is 2. The van der Waals surface area contributed by atoms with E-state index in [4.69, 9.17) is 28.0 Å². The molecule has 2 saturated heterocycles. The Morgan fingerprint density at radius 2 is 1.52 bits per heavy atom. The van der Waals surface area contributed by atoms with E-state index in [2.05, 4.69) is 0 Å². The van der Waals surface area contributed by atoms with Gasteiger partial charge in [-0.15, -0.1) is 0 Å². The van der Waals surface area contributed by atoms with Gasteiger partial charge in [-0.1, -0.05) is 77.8 Å². The van der Waals surface area contributed by atoms with Crippen molar-refractivity contribution in [1.29, 1.82) is 0 Å². The first-order valence-corrected chi connectivity index (χ1v) is 10.7. The first-order chi connectivity index (χ1) is 15.0. The van der Waals surface area contributed by atoms with Crippen molar-refractivity contribution in [2.75, 3.05) is 5.06 Å². The summed E-state index contributed by atoms with van der Waals surface area (Å²) in [6.07, 6.45) is -0.909. The number of imide groups is 1. The van der Waals surface area contributed by atoms with Crippen molar-refractivity contribution in [1.82, 2.24) is 4.90 Å². The number of likely N-dealkylation sites (tertiary alicyclic amines) is 1. The second-order valence-corrected chi connectivity index (χ2v) is 8.42. The van der Waals surface area contributed by atoms with Crippen molar-refractivity contribution in [2.45, 2.75) is 18.7 Å². The maximum Gasteiger partial charge on any atom is 0.262 e. The van der Waals surface area contributed by atoms with Crippen LogP contribution in [0.2, 0.25) is 10.0 Å². The van der Waals surface area contributed by atoms with Gasteiger partial charge < -0.3 is 0 Å². The van der Waals surface area contributed by atoms with Crippen molar-refractivity contribution < 1.29 is 14.4 Å². The lowest BCUT2D eigenvalue weighted by atomic mass is 9.90. The van der Waals surface area contributed by atoms with Gasteiger partial charge in [0.25, 0.3) is 5.91 Å². The Morgan fingerprint density at radius 1 is 0.839 bits per heavy atom. The molecule has 2 aliphatic rings. The highest BCUT2D eigenvalue weighted by Gasteiger charge is 2.60. The quantitative estimate of drug-likeness (QED) is 0.520. The molecule has 3 atom stereocenters. The minimum Gasteiger partial charge on any atom is -0.275 e. The zero-order valence-corrected chi connectivity index (χ0v) is 17.8. The smallest absolute Gasteiger partial charge is 0.262 e. The van der Waals surface area contributed by atoms with Crippen molar-refractivity contribution in [3.05, 3.63) is 100 Å². The van der Waals surface area contributed by atoms with Gasteiger partial charge in [0.1, 0.15) is 5.92 Å². The van der Waals surface area contributed by atoms with Crippen molar-refractivity contribution in [3.63, 3.8) is 0 Å². The number of hydrogen-bond acceptors (Lipinski definition) is 4. The molecule has 0 N–H and O–H groups in total. The van der Waals surface area contributed by atoms with Gasteiger partial charge in [-0.25, -0.2) is 5.06 Å². The molecule has 0 aromatic heterocycles. The van der Waals surface area contributed by atoms with Crippen molar-refractivity contribution >= 4 is 40.7 Å². The number of carbonyl (C=O) groups is 2. The first kappa shape index (κ1) is 20.1. The molecule has 3 aromatic rings. The number of anilines is 1. The van der Waals surface area contributed by atoms with Crippen LogP contribution in [0.5, 0.6) is 0 Å². The lowest BCUT2D eigenvalue weighted by molar-refractivity contribution is -0.143. The molecule has 2 heterocycles. The standard InChI is InChI=1S/C24H18Cl2N2O3/c25-16-11-12-18(19(26)13-16)21-20-22(31-28(21)17-9-5-2-6-10-17)24(30)27(23(20)29)14-15-7-3-1-4-8-15/h1-13,20-22H,14H2/t20-,21+,22+/m0/s1. The monoisotopic (exact) mass is 452 g/mol. The molecule has 0 bridgehead atoms. The fraction of sp³-hybridized carbons (Fsp3) is 0.167. The number of nitrogens with zero attached hydrogens (tertiary/aromatic N) is 2. The Kier molecular flexibility index (Phi) is 5.18. The summed E-state index contributed by atoms with van der Waals surface area (Å²) >= 11 is 12.6. The Bertz CT molecular complexity index is 1140. The van der Waals surface area contributed by atoms with Crippen LogP contribution in [-0.4, -0.2) is 22.8 Å². The summed E-state index contributed by atoms with van der Waals surface area (Å²) in [4.78, 5) is 34.0. The molecule has 0 saturated carbocycles. The van der Waals surface area contributed by atoms with E-state index in [1.54, 1.807) is 23.3 Å². The molecule has 5 nitrogen and oxygen atoms in total. The van der Waals surface area contributed by atoms with Crippen LogP contribution < -0.4 is 5.06 Å². The van der Waals surface area contributed by atoms with Gasteiger partial charge in [-0.2, -0.15) is 0 Å². The summed E-state index contributed by atoms with van der Waals surface area (Å²) < 4.78 is 0. The van der Waals surface area contributed by atoms with E-state index in [0.717, 1.165) is 11.3 Å². The zero-order chi connectivity index (χ0) is 21.5. The number of amides is 2. The molecule has 2 aliphatic heterocycles. The molecule has 0 aliphatic carbocycles. The largest absolute Gasteiger partial charge is 0.275 e. The summed E-state index contributed by atoms with van der Waals surface area (Å²) in [5.41, 5.74) is 2.30. The molecular weight excluding hydrogens is 435 g/mol. The van der Waals surface area contributed by atoms with Crippen LogP contribution >= 0.6 is 23.2 Å². The van der Waals surface area contributed by atoms with Gasteiger partial charge in [0.15, 0.2) is 6.10 Å². The van der Waals surface area contributed by atoms with Gasteiger partial charge in [0.05, 0.1) is 18.3 Å². The topological polar surface area (TPSA) is 49.9 Å².